The monoisotopic (exact) mass is 554 g/mol. The van der Waals surface area contributed by atoms with Gasteiger partial charge < -0.3 is 9.47 Å². The molecule has 0 saturated carbocycles. The largest absolute Gasteiger partial charge is 0.450 e. The molecular formula is C28H30N2O6S2. The number of nitrogens with zero attached hydrogens (tertiary/aromatic N) is 2. The Bertz CT molecular complexity index is 1200. The normalized spacial score (nSPS) is 18.6. The minimum absolute atomic E-state index is 0.0103. The zero-order chi connectivity index (χ0) is 27.4. The lowest BCUT2D eigenvalue weighted by Gasteiger charge is -2.33. The van der Waals surface area contributed by atoms with Gasteiger partial charge in [-0.1, -0.05) is 80.3 Å². The number of benzene rings is 2. The minimum Gasteiger partial charge on any atom is -0.450 e. The van der Waals surface area contributed by atoms with E-state index in [1.54, 1.807) is 24.3 Å². The molecule has 3 amide bonds. The predicted molar refractivity (Wildman–Crippen MR) is 148 cm³/mol. The molecule has 0 bridgehead atoms. The molecule has 200 valence electrons. The van der Waals surface area contributed by atoms with Gasteiger partial charge in [0.25, 0.3) is 17.7 Å². The van der Waals surface area contributed by atoms with Crippen molar-refractivity contribution >= 4 is 52.0 Å². The second-order valence-corrected chi connectivity index (χ2v) is 11.2. The molecule has 1 fully saturated rings. The molecule has 1 saturated heterocycles. The Morgan fingerprint density at radius 1 is 1.03 bits per heavy atom. The lowest BCUT2D eigenvalue weighted by molar-refractivity contribution is -0.169. The number of ether oxygens (including phenoxy) is 2. The van der Waals surface area contributed by atoms with E-state index in [-0.39, 0.29) is 31.5 Å². The number of amides is 3. The Balaban J connectivity index is 1.60. The first kappa shape index (κ1) is 27.9. The first-order valence-corrected chi connectivity index (χ1v) is 13.9. The van der Waals surface area contributed by atoms with Crippen LogP contribution < -0.4 is 0 Å². The highest BCUT2D eigenvalue weighted by molar-refractivity contribution is 8.23. The number of carbonyl (C=O) groups is 4. The van der Waals surface area contributed by atoms with Crippen LogP contribution in [0, 0.1) is 5.92 Å². The molecule has 2 aliphatic heterocycles. The molecule has 0 unspecified atom stereocenters. The molecule has 0 aliphatic carbocycles. The summed E-state index contributed by atoms with van der Waals surface area (Å²) in [7, 11) is 0. The fraction of sp³-hybridized carbons (Fsp3) is 0.393. The van der Waals surface area contributed by atoms with E-state index in [1.165, 1.54) is 23.6 Å². The predicted octanol–water partition coefficient (Wildman–Crippen LogP) is 4.07. The van der Waals surface area contributed by atoms with Gasteiger partial charge in [-0.2, -0.15) is 0 Å². The van der Waals surface area contributed by atoms with E-state index in [0.29, 0.717) is 21.2 Å². The van der Waals surface area contributed by atoms with Crippen LogP contribution in [0.4, 0.5) is 0 Å². The number of fused-ring (bicyclic) bond motifs is 1. The zero-order valence-corrected chi connectivity index (χ0v) is 23.1. The smallest absolute Gasteiger partial charge is 0.303 e. The van der Waals surface area contributed by atoms with Crippen LogP contribution >= 0.6 is 24.0 Å². The fourth-order valence-electron chi connectivity index (χ4n) is 4.58. The zero-order valence-electron chi connectivity index (χ0n) is 21.5. The summed E-state index contributed by atoms with van der Waals surface area (Å²) in [6.45, 7) is 5.38. The Labute approximate surface area is 231 Å². The van der Waals surface area contributed by atoms with Crippen LogP contribution in [-0.2, 0) is 25.7 Å². The van der Waals surface area contributed by atoms with E-state index in [9.17, 15) is 19.2 Å². The van der Waals surface area contributed by atoms with Crippen molar-refractivity contribution in [2.24, 2.45) is 5.92 Å². The lowest BCUT2D eigenvalue weighted by Crippen LogP contribution is -2.52. The van der Waals surface area contributed by atoms with Crippen LogP contribution in [-0.4, -0.2) is 68.4 Å². The Hall–Kier alpha value is -3.08. The molecule has 8 nitrogen and oxygen atoms in total. The summed E-state index contributed by atoms with van der Waals surface area (Å²) in [5.41, 5.74) is 1.54. The van der Waals surface area contributed by atoms with Gasteiger partial charge in [0.05, 0.1) is 23.8 Å². The standard InChI is InChI=1S/C28H30N2O6S2/c1-17(2)22-16-38-28(37)30(22)27(34)24(36-18(3)31)23(35-15-19-9-5-4-6-10-19)13-14-29-25(32)20-11-7-8-12-21(20)26(29)33/h4-12,17,22-24H,13-16H2,1-3H3/t22-,23-,24-/m1/s1. The molecule has 2 heterocycles. The van der Waals surface area contributed by atoms with Crippen molar-refractivity contribution in [1.29, 1.82) is 0 Å². The Morgan fingerprint density at radius 2 is 1.63 bits per heavy atom. The lowest BCUT2D eigenvalue weighted by atomic mass is 10.0. The Kier molecular flexibility index (Phi) is 8.96. The van der Waals surface area contributed by atoms with Crippen molar-refractivity contribution in [1.82, 2.24) is 9.80 Å². The summed E-state index contributed by atoms with van der Waals surface area (Å²) < 4.78 is 12.2. The van der Waals surface area contributed by atoms with E-state index < -0.39 is 35.9 Å². The SMILES string of the molecule is CC(=O)O[C@@H](C(=O)N1C(=S)SC[C@@H]1C(C)C)[C@@H](CCN1C(=O)c2ccccc2C1=O)OCc1ccccc1. The van der Waals surface area contributed by atoms with Crippen molar-refractivity contribution in [3.05, 3.63) is 71.3 Å². The topological polar surface area (TPSA) is 93.2 Å². The maximum atomic E-state index is 13.9. The van der Waals surface area contributed by atoms with Gasteiger partial charge >= 0.3 is 5.97 Å². The Morgan fingerprint density at radius 3 is 2.21 bits per heavy atom. The molecule has 0 radical (unpaired) electrons. The van der Waals surface area contributed by atoms with Crippen LogP contribution in [0.15, 0.2) is 54.6 Å². The first-order valence-electron chi connectivity index (χ1n) is 12.5. The molecule has 0 N–H and O–H groups in total. The summed E-state index contributed by atoms with van der Waals surface area (Å²) in [6, 6.07) is 15.9. The summed E-state index contributed by atoms with van der Waals surface area (Å²) in [4.78, 5) is 54.6. The van der Waals surface area contributed by atoms with Crippen LogP contribution in [0.5, 0.6) is 0 Å². The number of thioether (sulfide) groups is 1. The highest BCUT2D eigenvalue weighted by Gasteiger charge is 2.44. The van der Waals surface area contributed by atoms with Gasteiger partial charge in [0, 0.05) is 19.2 Å². The van der Waals surface area contributed by atoms with Gasteiger partial charge in [-0.15, -0.1) is 0 Å². The number of imide groups is 1. The number of carbonyl (C=O) groups excluding carboxylic acids is 4. The first-order chi connectivity index (χ1) is 18.2. The van der Waals surface area contributed by atoms with Crippen LogP contribution in [0.2, 0.25) is 0 Å². The number of hydrogen-bond donors (Lipinski definition) is 0. The molecule has 0 spiro atoms. The number of rotatable bonds is 10. The van der Waals surface area contributed by atoms with Gasteiger partial charge in [0.1, 0.15) is 10.4 Å². The third kappa shape index (κ3) is 5.98. The van der Waals surface area contributed by atoms with Crippen molar-refractivity contribution in [2.45, 2.75) is 52.0 Å². The van der Waals surface area contributed by atoms with E-state index in [0.717, 1.165) is 10.5 Å². The molecule has 2 aromatic carbocycles. The summed E-state index contributed by atoms with van der Waals surface area (Å²) in [5, 5.41) is 0. The third-order valence-electron chi connectivity index (χ3n) is 6.61. The van der Waals surface area contributed by atoms with E-state index >= 15 is 0 Å². The van der Waals surface area contributed by atoms with E-state index in [2.05, 4.69) is 0 Å². The van der Waals surface area contributed by atoms with Crippen LogP contribution in [0.3, 0.4) is 0 Å². The molecule has 2 aromatic rings. The molecular weight excluding hydrogens is 524 g/mol. The second kappa shape index (κ2) is 12.2. The highest BCUT2D eigenvalue weighted by Crippen LogP contribution is 2.31. The fourth-order valence-corrected chi connectivity index (χ4v) is 6.22. The summed E-state index contributed by atoms with van der Waals surface area (Å²) >= 11 is 6.90. The summed E-state index contributed by atoms with van der Waals surface area (Å²) in [6.07, 6.45) is -2.15. The van der Waals surface area contributed by atoms with Crippen molar-refractivity contribution in [3.8, 4) is 0 Å². The van der Waals surface area contributed by atoms with Gasteiger partial charge in [-0.25, -0.2) is 0 Å². The van der Waals surface area contributed by atoms with Crippen LogP contribution in [0.1, 0.15) is 53.5 Å². The number of esters is 1. The molecule has 10 heteroatoms. The second-order valence-electron chi connectivity index (χ2n) is 9.56. The van der Waals surface area contributed by atoms with Crippen molar-refractivity contribution in [2.75, 3.05) is 12.3 Å². The van der Waals surface area contributed by atoms with Crippen molar-refractivity contribution in [3.63, 3.8) is 0 Å². The van der Waals surface area contributed by atoms with Gasteiger partial charge in [0.2, 0.25) is 6.10 Å². The summed E-state index contributed by atoms with van der Waals surface area (Å²) in [5.74, 6) is -1.13. The molecule has 4 rings (SSSR count). The maximum Gasteiger partial charge on any atom is 0.303 e. The van der Waals surface area contributed by atoms with Crippen molar-refractivity contribution < 1.29 is 28.7 Å². The average molecular weight is 555 g/mol. The maximum absolute atomic E-state index is 13.9. The third-order valence-corrected chi connectivity index (χ3v) is 8.11. The van der Waals surface area contributed by atoms with Gasteiger partial charge in [-0.05, 0) is 30.0 Å². The molecule has 0 aromatic heterocycles. The van der Waals surface area contributed by atoms with Crippen LogP contribution in [0.25, 0.3) is 0 Å². The van der Waals surface area contributed by atoms with E-state index in [4.69, 9.17) is 21.7 Å². The number of hydrogen-bond acceptors (Lipinski definition) is 8. The highest BCUT2D eigenvalue weighted by atomic mass is 32.2. The molecule has 2 aliphatic rings. The quantitative estimate of drug-likeness (QED) is 0.247. The van der Waals surface area contributed by atoms with Gasteiger partial charge in [0.15, 0.2) is 0 Å². The minimum atomic E-state index is -1.30. The molecule has 38 heavy (non-hydrogen) atoms. The van der Waals surface area contributed by atoms with Gasteiger partial charge in [-0.3, -0.25) is 29.0 Å². The molecule has 3 atom stereocenters. The van der Waals surface area contributed by atoms with E-state index in [1.807, 2.05) is 44.2 Å². The number of thiocarbonyl (C=S) groups is 1. The average Bonchev–Trinajstić information content (AvgIpc) is 3.40.